The Morgan fingerprint density at radius 1 is 1.50 bits per heavy atom. The summed E-state index contributed by atoms with van der Waals surface area (Å²) in [6, 6.07) is 5.47. The van der Waals surface area contributed by atoms with Gasteiger partial charge in [0.2, 0.25) is 0 Å². The number of rotatable bonds is 5. The Balaban J connectivity index is 2.81. The number of hydrogen-bond donors (Lipinski definition) is 2. The van der Waals surface area contributed by atoms with E-state index in [1.807, 2.05) is 26.0 Å². The van der Waals surface area contributed by atoms with Crippen LogP contribution in [-0.2, 0) is 4.74 Å². The first-order valence-corrected chi connectivity index (χ1v) is 6.56. The molecule has 0 aliphatic heterocycles. The van der Waals surface area contributed by atoms with Gasteiger partial charge >= 0.3 is 0 Å². The third kappa shape index (κ3) is 5.04. The molecule has 0 spiro atoms. The summed E-state index contributed by atoms with van der Waals surface area (Å²) in [7, 11) is 1.64. The van der Waals surface area contributed by atoms with E-state index < -0.39 is 0 Å². The Kier molecular flexibility index (Phi) is 6.78. The predicted molar refractivity (Wildman–Crippen MR) is 78.5 cm³/mol. The molecule has 0 bridgehead atoms. The Labute approximate surface area is 120 Å². The van der Waals surface area contributed by atoms with Crippen molar-refractivity contribution in [3.63, 3.8) is 0 Å². The van der Waals surface area contributed by atoms with Gasteiger partial charge in [-0.25, -0.2) is 0 Å². The van der Waals surface area contributed by atoms with E-state index in [0.29, 0.717) is 24.3 Å². The number of aryl methyl sites for hydroxylation is 1. The lowest BCUT2D eigenvalue weighted by Gasteiger charge is -2.12. The van der Waals surface area contributed by atoms with E-state index in [0.717, 1.165) is 5.56 Å². The van der Waals surface area contributed by atoms with Crippen LogP contribution in [0.2, 0.25) is 0 Å². The van der Waals surface area contributed by atoms with Gasteiger partial charge in [0.15, 0.2) is 0 Å². The Hall–Kier alpha value is -1.83. The van der Waals surface area contributed by atoms with Crippen molar-refractivity contribution in [2.75, 3.05) is 26.9 Å². The van der Waals surface area contributed by atoms with Crippen LogP contribution >= 0.6 is 0 Å². The van der Waals surface area contributed by atoms with Crippen LogP contribution in [0, 0.1) is 24.7 Å². The summed E-state index contributed by atoms with van der Waals surface area (Å²) in [6.45, 7) is 4.87. The average Bonchev–Trinajstić information content (AvgIpc) is 2.43. The van der Waals surface area contributed by atoms with Crippen molar-refractivity contribution >= 4 is 5.91 Å². The van der Waals surface area contributed by atoms with E-state index >= 15 is 0 Å². The van der Waals surface area contributed by atoms with Gasteiger partial charge in [-0.2, -0.15) is 0 Å². The second kappa shape index (κ2) is 8.36. The third-order valence-corrected chi connectivity index (χ3v) is 2.78. The van der Waals surface area contributed by atoms with E-state index in [1.54, 1.807) is 13.2 Å². The van der Waals surface area contributed by atoms with Crippen LogP contribution in [0.1, 0.15) is 28.4 Å². The van der Waals surface area contributed by atoms with Gasteiger partial charge in [0.05, 0.1) is 12.2 Å². The first-order chi connectivity index (χ1) is 9.58. The Morgan fingerprint density at radius 2 is 2.25 bits per heavy atom. The number of methoxy groups -OCH3 is 1. The molecule has 0 fully saturated rings. The molecule has 0 aromatic heterocycles. The van der Waals surface area contributed by atoms with E-state index in [9.17, 15) is 4.79 Å². The van der Waals surface area contributed by atoms with Gasteiger partial charge in [-0.1, -0.05) is 24.8 Å². The molecular weight excluding hydrogens is 254 g/mol. The van der Waals surface area contributed by atoms with Crippen LogP contribution in [0.25, 0.3) is 0 Å². The van der Waals surface area contributed by atoms with E-state index in [-0.39, 0.29) is 18.4 Å². The van der Waals surface area contributed by atoms with Gasteiger partial charge in [0.1, 0.15) is 6.61 Å². The molecule has 1 atom stereocenters. The molecule has 0 radical (unpaired) electrons. The van der Waals surface area contributed by atoms with E-state index in [1.165, 1.54) is 0 Å². The van der Waals surface area contributed by atoms with Crippen molar-refractivity contribution in [3.8, 4) is 11.8 Å². The molecule has 2 N–H and O–H groups in total. The topological polar surface area (TPSA) is 58.6 Å². The second-order valence-electron chi connectivity index (χ2n) is 4.78. The maximum absolute atomic E-state index is 12.2. The number of nitrogens with one attached hydrogen (secondary N) is 1. The molecule has 0 aliphatic carbocycles. The Bertz CT molecular complexity index is 514. The second-order valence-corrected chi connectivity index (χ2v) is 4.78. The zero-order valence-corrected chi connectivity index (χ0v) is 12.2. The lowest BCUT2D eigenvalue weighted by molar-refractivity contribution is 0.0934. The van der Waals surface area contributed by atoms with Crippen molar-refractivity contribution < 1.29 is 14.6 Å². The minimum atomic E-state index is -0.222. The lowest BCUT2D eigenvalue weighted by atomic mass is 10.0. The Morgan fingerprint density at radius 3 is 2.90 bits per heavy atom. The maximum Gasteiger partial charge on any atom is 0.252 e. The van der Waals surface area contributed by atoms with E-state index in [4.69, 9.17) is 9.84 Å². The minimum absolute atomic E-state index is 0.157. The average molecular weight is 275 g/mol. The van der Waals surface area contributed by atoms with Gasteiger partial charge in [0, 0.05) is 19.2 Å². The molecule has 0 saturated heterocycles. The van der Waals surface area contributed by atoms with Crippen molar-refractivity contribution in [2.24, 2.45) is 5.92 Å². The molecule has 0 aliphatic rings. The molecule has 1 aromatic carbocycles. The maximum atomic E-state index is 12.2. The van der Waals surface area contributed by atoms with Crippen LogP contribution < -0.4 is 5.32 Å². The summed E-state index contributed by atoms with van der Waals surface area (Å²) >= 11 is 0. The standard InChI is InChI=1S/C16H21NO3/c1-12-6-7-15(14(9-12)5-4-8-18)16(19)17-10-13(2)11-20-3/h6-7,9,13,18H,8,10-11H2,1-3H3,(H,17,19). The normalized spacial score (nSPS) is 11.4. The molecule has 1 amide bonds. The van der Waals surface area contributed by atoms with Gasteiger partial charge in [-0.15, -0.1) is 0 Å². The smallest absolute Gasteiger partial charge is 0.252 e. The van der Waals surface area contributed by atoms with E-state index in [2.05, 4.69) is 17.2 Å². The first kappa shape index (κ1) is 16.2. The van der Waals surface area contributed by atoms with Crippen molar-refractivity contribution in [2.45, 2.75) is 13.8 Å². The largest absolute Gasteiger partial charge is 0.384 e. The lowest BCUT2D eigenvalue weighted by Crippen LogP contribution is -2.30. The summed E-state index contributed by atoms with van der Waals surface area (Å²) in [5, 5.41) is 11.6. The number of ether oxygens (including phenoxy) is 1. The number of amides is 1. The number of aliphatic hydroxyl groups is 1. The first-order valence-electron chi connectivity index (χ1n) is 6.56. The van der Waals surface area contributed by atoms with Gasteiger partial charge in [-0.05, 0) is 30.5 Å². The van der Waals surface area contributed by atoms with Crippen LogP contribution in [0.3, 0.4) is 0 Å². The third-order valence-electron chi connectivity index (χ3n) is 2.78. The summed E-state index contributed by atoms with van der Waals surface area (Å²) in [6.07, 6.45) is 0. The van der Waals surface area contributed by atoms with Crippen LogP contribution in [0.5, 0.6) is 0 Å². The SMILES string of the molecule is COCC(C)CNC(=O)c1ccc(C)cc1C#CCO. The predicted octanol–water partition coefficient (Wildman–Crippen LogP) is 1.35. The van der Waals surface area contributed by atoms with Crippen LogP contribution in [0.15, 0.2) is 18.2 Å². The fourth-order valence-corrected chi connectivity index (χ4v) is 1.80. The monoisotopic (exact) mass is 275 g/mol. The number of hydrogen-bond acceptors (Lipinski definition) is 3. The highest BCUT2D eigenvalue weighted by atomic mass is 16.5. The number of carbonyl (C=O) groups is 1. The molecule has 1 rings (SSSR count). The zero-order chi connectivity index (χ0) is 15.0. The number of carbonyl (C=O) groups excluding carboxylic acids is 1. The van der Waals surface area contributed by atoms with Crippen molar-refractivity contribution in [1.82, 2.24) is 5.32 Å². The quantitative estimate of drug-likeness (QED) is 0.798. The summed E-state index contributed by atoms with van der Waals surface area (Å²) in [5.41, 5.74) is 2.19. The number of benzene rings is 1. The molecule has 1 aromatic rings. The highest BCUT2D eigenvalue weighted by Crippen LogP contribution is 2.11. The fourth-order valence-electron chi connectivity index (χ4n) is 1.80. The molecule has 108 valence electrons. The molecule has 20 heavy (non-hydrogen) atoms. The van der Waals surface area contributed by atoms with Crippen molar-refractivity contribution in [1.29, 1.82) is 0 Å². The molecule has 0 saturated carbocycles. The highest BCUT2D eigenvalue weighted by Gasteiger charge is 2.11. The molecule has 1 unspecified atom stereocenters. The number of aliphatic hydroxyl groups excluding tert-OH is 1. The van der Waals surface area contributed by atoms with Crippen molar-refractivity contribution in [3.05, 3.63) is 34.9 Å². The highest BCUT2D eigenvalue weighted by molar-refractivity contribution is 5.96. The molecule has 4 nitrogen and oxygen atoms in total. The van der Waals surface area contributed by atoms with Gasteiger partial charge in [0.25, 0.3) is 5.91 Å². The minimum Gasteiger partial charge on any atom is -0.384 e. The van der Waals surface area contributed by atoms with Gasteiger partial charge in [-0.3, -0.25) is 4.79 Å². The fraction of sp³-hybridized carbons (Fsp3) is 0.438. The van der Waals surface area contributed by atoms with Gasteiger partial charge < -0.3 is 15.2 Å². The summed E-state index contributed by atoms with van der Waals surface area (Å²) in [5.74, 6) is 5.48. The zero-order valence-electron chi connectivity index (χ0n) is 12.2. The molecule has 4 heteroatoms. The van der Waals surface area contributed by atoms with Crippen LogP contribution in [0.4, 0.5) is 0 Å². The molecule has 0 heterocycles. The summed E-state index contributed by atoms with van der Waals surface area (Å²) in [4.78, 5) is 12.2. The summed E-state index contributed by atoms with van der Waals surface area (Å²) < 4.78 is 5.03. The van der Waals surface area contributed by atoms with Crippen LogP contribution in [-0.4, -0.2) is 37.9 Å². The molecular formula is C16H21NO3.